The number of hydrogen-bond acceptors (Lipinski definition) is 4. The van der Waals surface area contributed by atoms with Gasteiger partial charge in [-0.05, 0) is 37.6 Å². The summed E-state index contributed by atoms with van der Waals surface area (Å²) in [6, 6.07) is 18.5. The molecule has 0 spiro atoms. The molecule has 0 radical (unpaired) electrons. The van der Waals surface area contributed by atoms with Crippen LogP contribution < -0.4 is 4.74 Å². The van der Waals surface area contributed by atoms with Crippen LogP contribution in [0.4, 0.5) is 0 Å². The lowest BCUT2D eigenvalue weighted by Crippen LogP contribution is -1.94. The fourth-order valence-electron chi connectivity index (χ4n) is 2.36. The van der Waals surface area contributed by atoms with Gasteiger partial charge in [0.05, 0.1) is 7.11 Å². The summed E-state index contributed by atoms with van der Waals surface area (Å²) in [6.45, 7) is 4.09. The average molecular weight is 336 g/mol. The highest BCUT2D eigenvalue weighted by molar-refractivity contribution is 7.98. The molecule has 3 nitrogen and oxygen atoms in total. The number of aryl methyl sites for hydroxylation is 2. The Bertz CT molecular complexity index is 831. The number of rotatable bonds is 5. The minimum atomic E-state index is 0.781. The summed E-state index contributed by atoms with van der Waals surface area (Å²) >= 11 is 1.71. The Hall–Kier alpha value is -2.33. The van der Waals surface area contributed by atoms with E-state index >= 15 is 0 Å². The molecule has 0 atom stereocenters. The molecular weight excluding hydrogens is 316 g/mol. The standard InChI is InChI=1S/C20H20N2OS/c1-14-7-9-17(10-8-14)20-21-15(2)11-19(22-20)24-13-16-5-4-6-18(12-16)23-3/h4-12H,13H2,1-3H3. The van der Waals surface area contributed by atoms with Gasteiger partial charge in [0, 0.05) is 17.0 Å². The quantitative estimate of drug-likeness (QED) is 0.482. The number of benzene rings is 2. The lowest BCUT2D eigenvalue weighted by molar-refractivity contribution is 0.414. The molecule has 0 aliphatic rings. The monoisotopic (exact) mass is 336 g/mol. The molecule has 0 aliphatic carbocycles. The zero-order chi connectivity index (χ0) is 16.9. The van der Waals surface area contributed by atoms with E-state index in [2.05, 4.69) is 48.3 Å². The zero-order valence-electron chi connectivity index (χ0n) is 14.1. The molecule has 0 unspecified atom stereocenters. The van der Waals surface area contributed by atoms with Crippen LogP contribution in [0.1, 0.15) is 16.8 Å². The Morgan fingerprint density at radius 3 is 2.50 bits per heavy atom. The second kappa shape index (κ2) is 7.49. The second-order valence-electron chi connectivity index (χ2n) is 5.68. The summed E-state index contributed by atoms with van der Waals surface area (Å²) in [6.07, 6.45) is 0. The molecule has 0 fully saturated rings. The van der Waals surface area contributed by atoms with Crippen molar-refractivity contribution in [2.45, 2.75) is 24.6 Å². The van der Waals surface area contributed by atoms with E-state index in [-0.39, 0.29) is 0 Å². The van der Waals surface area contributed by atoms with E-state index in [0.29, 0.717) is 0 Å². The number of thioether (sulfide) groups is 1. The van der Waals surface area contributed by atoms with E-state index in [1.165, 1.54) is 11.1 Å². The molecule has 24 heavy (non-hydrogen) atoms. The fourth-order valence-corrected chi connectivity index (χ4v) is 3.26. The molecule has 1 heterocycles. The topological polar surface area (TPSA) is 35.0 Å². The predicted octanol–water partition coefficient (Wildman–Crippen LogP) is 5.06. The summed E-state index contributed by atoms with van der Waals surface area (Å²) in [5.74, 6) is 2.51. The molecule has 0 N–H and O–H groups in total. The minimum absolute atomic E-state index is 0.781. The van der Waals surface area contributed by atoms with Crippen molar-refractivity contribution in [2.24, 2.45) is 0 Å². The SMILES string of the molecule is COc1cccc(CSc2cc(C)nc(-c3ccc(C)cc3)n2)c1. The van der Waals surface area contributed by atoms with Crippen LogP contribution in [0.25, 0.3) is 11.4 Å². The van der Waals surface area contributed by atoms with Crippen LogP contribution in [0.3, 0.4) is 0 Å². The van der Waals surface area contributed by atoms with Gasteiger partial charge in [0.1, 0.15) is 10.8 Å². The van der Waals surface area contributed by atoms with Gasteiger partial charge in [-0.1, -0.05) is 42.0 Å². The van der Waals surface area contributed by atoms with Gasteiger partial charge < -0.3 is 4.74 Å². The van der Waals surface area contributed by atoms with Gasteiger partial charge in [-0.15, -0.1) is 11.8 Å². The highest BCUT2D eigenvalue weighted by Crippen LogP contribution is 2.26. The first kappa shape index (κ1) is 16.5. The van der Waals surface area contributed by atoms with E-state index in [0.717, 1.165) is 33.6 Å². The largest absolute Gasteiger partial charge is 0.497 e. The molecule has 4 heteroatoms. The maximum Gasteiger partial charge on any atom is 0.160 e. The van der Waals surface area contributed by atoms with Gasteiger partial charge in [-0.25, -0.2) is 9.97 Å². The van der Waals surface area contributed by atoms with E-state index in [1.54, 1.807) is 18.9 Å². The molecule has 0 saturated carbocycles. The lowest BCUT2D eigenvalue weighted by Gasteiger charge is -2.07. The Morgan fingerprint density at radius 2 is 1.75 bits per heavy atom. The summed E-state index contributed by atoms with van der Waals surface area (Å²) in [7, 11) is 1.69. The highest BCUT2D eigenvalue weighted by Gasteiger charge is 2.06. The van der Waals surface area contributed by atoms with Crippen LogP contribution >= 0.6 is 11.8 Å². The van der Waals surface area contributed by atoms with Crippen molar-refractivity contribution in [3.05, 3.63) is 71.4 Å². The van der Waals surface area contributed by atoms with Gasteiger partial charge >= 0.3 is 0 Å². The summed E-state index contributed by atoms with van der Waals surface area (Å²) in [4.78, 5) is 9.28. The summed E-state index contributed by atoms with van der Waals surface area (Å²) < 4.78 is 5.28. The molecule has 1 aromatic heterocycles. The van der Waals surface area contributed by atoms with Crippen molar-refractivity contribution in [2.75, 3.05) is 7.11 Å². The first-order valence-corrected chi connectivity index (χ1v) is 8.81. The zero-order valence-corrected chi connectivity index (χ0v) is 14.9. The number of ether oxygens (including phenoxy) is 1. The summed E-state index contributed by atoms with van der Waals surface area (Å²) in [5.41, 5.74) is 4.48. The number of aromatic nitrogens is 2. The molecule has 3 rings (SSSR count). The van der Waals surface area contributed by atoms with Crippen molar-refractivity contribution < 1.29 is 4.74 Å². The lowest BCUT2D eigenvalue weighted by atomic mass is 10.1. The third kappa shape index (κ3) is 4.15. The molecule has 3 aromatic rings. The van der Waals surface area contributed by atoms with Crippen molar-refractivity contribution in [3.8, 4) is 17.1 Å². The minimum Gasteiger partial charge on any atom is -0.497 e. The van der Waals surface area contributed by atoms with E-state index in [1.807, 2.05) is 25.1 Å². The van der Waals surface area contributed by atoms with Crippen LogP contribution in [0.5, 0.6) is 5.75 Å². The highest BCUT2D eigenvalue weighted by atomic mass is 32.2. The molecule has 0 aliphatic heterocycles. The molecule has 0 saturated heterocycles. The van der Waals surface area contributed by atoms with Gasteiger partial charge in [-0.3, -0.25) is 0 Å². The van der Waals surface area contributed by atoms with Crippen molar-refractivity contribution in [3.63, 3.8) is 0 Å². The maximum absolute atomic E-state index is 5.28. The van der Waals surface area contributed by atoms with Crippen LogP contribution in [0.2, 0.25) is 0 Å². The Kier molecular flexibility index (Phi) is 5.16. The molecule has 0 bridgehead atoms. The average Bonchev–Trinajstić information content (AvgIpc) is 2.60. The van der Waals surface area contributed by atoms with E-state index in [9.17, 15) is 0 Å². The molecular formula is C20H20N2OS. The van der Waals surface area contributed by atoms with Crippen molar-refractivity contribution in [1.29, 1.82) is 0 Å². The number of nitrogens with zero attached hydrogens (tertiary/aromatic N) is 2. The van der Waals surface area contributed by atoms with Gasteiger partial charge in [0.15, 0.2) is 5.82 Å². The van der Waals surface area contributed by atoms with Crippen molar-refractivity contribution in [1.82, 2.24) is 9.97 Å². The van der Waals surface area contributed by atoms with Gasteiger partial charge in [0.25, 0.3) is 0 Å². The first-order chi connectivity index (χ1) is 11.6. The Labute approximate surface area is 147 Å². The molecule has 0 amide bonds. The Morgan fingerprint density at radius 1 is 0.958 bits per heavy atom. The van der Waals surface area contributed by atoms with Gasteiger partial charge in [-0.2, -0.15) is 0 Å². The number of hydrogen-bond donors (Lipinski definition) is 0. The Balaban J connectivity index is 1.79. The third-order valence-corrected chi connectivity index (χ3v) is 4.64. The van der Waals surface area contributed by atoms with Crippen LogP contribution in [-0.2, 0) is 5.75 Å². The third-order valence-electron chi connectivity index (χ3n) is 3.66. The maximum atomic E-state index is 5.28. The molecule has 122 valence electrons. The first-order valence-electron chi connectivity index (χ1n) is 7.82. The predicted molar refractivity (Wildman–Crippen MR) is 99.5 cm³/mol. The van der Waals surface area contributed by atoms with Crippen LogP contribution in [0.15, 0.2) is 59.6 Å². The molecule has 2 aromatic carbocycles. The second-order valence-corrected chi connectivity index (χ2v) is 6.67. The van der Waals surface area contributed by atoms with E-state index in [4.69, 9.17) is 9.72 Å². The summed E-state index contributed by atoms with van der Waals surface area (Å²) in [5, 5.41) is 0.987. The fraction of sp³-hybridized carbons (Fsp3) is 0.200. The smallest absolute Gasteiger partial charge is 0.160 e. The van der Waals surface area contributed by atoms with Crippen LogP contribution in [-0.4, -0.2) is 17.1 Å². The van der Waals surface area contributed by atoms with E-state index < -0.39 is 0 Å². The van der Waals surface area contributed by atoms with Crippen molar-refractivity contribution >= 4 is 11.8 Å². The van der Waals surface area contributed by atoms with Crippen LogP contribution in [0, 0.1) is 13.8 Å². The number of methoxy groups -OCH3 is 1. The van der Waals surface area contributed by atoms with Gasteiger partial charge in [0.2, 0.25) is 0 Å². The normalized spacial score (nSPS) is 10.6.